The first-order valence-electron chi connectivity index (χ1n) is 7.56. The number of sulfonamides is 1. The molecule has 2 aliphatic heterocycles. The smallest absolute Gasteiger partial charge is 0.243 e. The van der Waals surface area contributed by atoms with Crippen molar-refractivity contribution in [2.24, 2.45) is 5.73 Å². The summed E-state index contributed by atoms with van der Waals surface area (Å²) >= 11 is 0. The predicted octanol–water partition coefficient (Wildman–Crippen LogP) is 0.707. The summed E-state index contributed by atoms with van der Waals surface area (Å²) in [7, 11) is -3.55. The van der Waals surface area contributed by atoms with Crippen molar-refractivity contribution in [3.8, 4) is 0 Å². The molecule has 0 aromatic heterocycles. The van der Waals surface area contributed by atoms with Crippen molar-refractivity contribution >= 4 is 21.6 Å². The molecule has 1 aromatic rings. The van der Waals surface area contributed by atoms with Gasteiger partial charge in [0.05, 0.1) is 4.90 Å². The maximum absolute atomic E-state index is 12.8. The van der Waals surface area contributed by atoms with Crippen molar-refractivity contribution < 1.29 is 13.2 Å². The summed E-state index contributed by atoms with van der Waals surface area (Å²) in [4.78, 5) is 13.5. The Balaban J connectivity index is 1.95. The molecule has 2 aliphatic rings. The molecule has 0 aliphatic carbocycles. The zero-order valence-corrected chi connectivity index (χ0v) is 13.5. The van der Waals surface area contributed by atoms with E-state index in [1.807, 2.05) is 6.07 Å². The van der Waals surface area contributed by atoms with Crippen molar-refractivity contribution in [2.75, 3.05) is 24.5 Å². The topological polar surface area (TPSA) is 83.7 Å². The lowest BCUT2D eigenvalue weighted by molar-refractivity contribution is -0.116. The summed E-state index contributed by atoms with van der Waals surface area (Å²) in [5.41, 5.74) is 7.63. The van der Waals surface area contributed by atoms with Crippen molar-refractivity contribution in [3.05, 3.63) is 23.8 Å². The molecule has 1 fully saturated rings. The number of hydrogen-bond donors (Lipinski definition) is 1. The van der Waals surface area contributed by atoms with E-state index in [9.17, 15) is 13.2 Å². The van der Waals surface area contributed by atoms with E-state index in [0.717, 1.165) is 30.5 Å². The van der Waals surface area contributed by atoms with Gasteiger partial charge in [-0.25, -0.2) is 8.42 Å². The van der Waals surface area contributed by atoms with Gasteiger partial charge in [-0.3, -0.25) is 4.79 Å². The molecule has 1 amide bonds. The van der Waals surface area contributed by atoms with Gasteiger partial charge < -0.3 is 10.6 Å². The molecule has 6 nitrogen and oxygen atoms in total. The summed E-state index contributed by atoms with van der Waals surface area (Å²) in [5, 5.41) is 0. The third kappa shape index (κ3) is 2.64. The van der Waals surface area contributed by atoms with Crippen LogP contribution < -0.4 is 10.6 Å². The van der Waals surface area contributed by atoms with E-state index in [1.165, 1.54) is 11.2 Å². The number of fused-ring (bicyclic) bond motifs is 1. The first-order valence-corrected chi connectivity index (χ1v) is 9.00. The molecular formula is C15H21N3O3S. The summed E-state index contributed by atoms with van der Waals surface area (Å²) in [6, 6.07) is 4.97. The molecule has 7 heteroatoms. The van der Waals surface area contributed by atoms with Crippen LogP contribution in [0, 0.1) is 0 Å². The molecule has 1 aromatic carbocycles. The molecule has 0 radical (unpaired) electrons. The number of amides is 1. The van der Waals surface area contributed by atoms with Crippen LogP contribution in [0.2, 0.25) is 0 Å². The zero-order valence-electron chi connectivity index (χ0n) is 12.7. The highest BCUT2D eigenvalue weighted by molar-refractivity contribution is 7.89. The number of benzene rings is 1. The fourth-order valence-corrected chi connectivity index (χ4v) is 4.74. The van der Waals surface area contributed by atoms with Crippen LogP contribution in [-0.4, -0.2) is 44.3 Å². The molecule has 0 bridgehead atoms. The molecule has 22 heavy (non-hydrogen) atoms. The van der Waals surface area contributed by atoms with E-state index in [1.54, 1.807) is 17.0 Å². The Morgan fingerprint density at radius 3 is 2.77 bits per heavy atom. The van der Waals surface area contributed by atoms with Gasteiger partial charge in [0.2, 0.25) is 15.9 Å². The molecule has 1 atom stereocenters. The van der Waals surface area contributed by atoms with Gasteiger partial charge in [-0.15, -0.1) is 0 Å². The van der Waals surface area contributed by atoms with Crippen LogP contribution in [-0.2, 0) is 21.2 Å². The Kier molecular flexibility index (Phi) is 3.96. The number of nitrogens with zero attached hydrogens (tertiary/aromatic N) is 2. The van der Waals surface area contributed by atoms with Crippen LogP contribution >= 0.6 is 0 Å². The highest BCUT2D eigenvalue weighted by Gasteiger charge is 2.31. The van der Waals surface area contributed by atoms with Gasteiger partial charge in [-0.2, -0.15) is 4.31 Å². The fraction of sp³-hybridized carbons (Fsp3) is 0.533. The zero-order chi connectivity index (χ0) is 15.9. The minimum Gasteiger partial charge on any atom is -0.327 e. The standard InChI is InChI=1S/C15H21N3O3S/c1-11(19)18-8-6-12-4-5-14(9-15(12)18)22(20,21)17-7-2-3-13(16)10-17/h4-5,9,13H,2-3,6-8,10,16H2,1H3/t13-/m0/s1. The molecular weight excluding hydrogens is 302 g/mol. The van der Waals surface area contributed by atoms with Crippen molar-refractivity contribution in [2.45, 2.75) is 37.1 Å². The minimum atomic E-state index is -3.55. The third-order valence-electron chi connectivity index (χ3n) is 4.39. The molecule has 0 spiro atoms. The Labute approximate surface area is 130 Å². The van der Waals surface area contributed by atoms with Gasteiger partial charge >= 0.3 is 0 Å². The lowest BCUT2D eigenvalue weighted by atomic mass is 10.1. The Morgan fingerprint density at radius 2 is 2.09 bits per heavy atom. The maximum Gasteiger partial charge on any atom is 0.243 e. The maximum atomic E-state index is 12.8. The Hall–Kier alpha value is -1.44. The van der Waals surface area contributed by atoms with E-state index in [4.69, 9.17) is 5.73 Å². The predicted molar refractivity (Wildman–Crippen MR) is 84.1 cm³/mol. The van der Waals surface area contributed by atoms with E-state index in [2.05, 4.69) is 0 Å². The first-order chi connectivity index (χ1) is 10.4. The Bertz CT molecular complexity index is 702. The number of rotatable bonds is 2. The molecule has 2 heterocycles. The van der Waals surface area contributed by atoms with Crippen LogP contribution in [0.25, 0.3) is 0 Å². The van der Waals surface area contributed by atoms with E-state index >= 15 is 0 Å². The number of hydrogen-bond acceptors (Lipinski definition) is 4. The van der Waals surface area contributed by atoms with Gasteiger partial charge in [0.1, 0.15) is 0 Å². The average Bonchev–Trinajstić information content (AvgIpc) is 2.90. The SMILES string of the molecule is CC(=O)N1CCc2ccc(S(=O)(=O)N3CCC[C@H](N)C3)cc21. The first kappa shape index (κ1) is 15.5. The highest BCUT2D eigenvalue weighted by atomic mass is 32.2. The minimum absolute atomic E-state index is 0.0618. The van der Waals surface area contributed by atoms with E-state index in [0.29, 0.717) is 19.6 Å². The number of anilines is 1. The van der Waals surface area contributed by atoms with E-state index in [-0.39, 0.29) is 16.8 Å². The van der Waals surface area contributed by atoms with Crippen molar-refractivity contribution in [1.29, 1.82) is 0 Å². The molecule has 1 saturated heterocycles. The van der Waals surface area contributed by atoms with E-state index < -0.39 is 10.0 Å². The van der Waals surface area contributed by atoms with Crippen LogP contribution in [0.4, 0.5) is 5.69 Å². The monoisotopic (exact) mass is 323 g/mol. The number of carbonyl (C=O) groups is 1. The second kappa shape index (κ2) is 5.64. The summed E-state index contributed by atoms with van der Waals surface area (Å²) in [5.74, 6) is -0.0618. The van der Waals surface area contributed by atoms with Crippen LogP contribution in [0.5, 0.6) is 0 Å². The van der Waals surface area contributed by atoms with Gasteiger partial charge in [-0.1, -0.05) is 6.07 Å². The second-order valence-corrected chi connectivity index (χ2v) is 7.91. The quantitative estimate of drug-likeness (QED) is 0.869. The molecule has 3 rings (SSSR count). The highest BCUT2D eigenvalue weighted by Crippen LogP contribution is 2.32. The normalized spacial score (nSPS) is 22.6. The fourth-order valence-electron chi connectivity index (χ4n) is 3.19. The molecule has 120 valence electrons. The van der Waals surface area contributed by atoms with Gasteiger partial charge in [0.25, 0.3) is 0 Å². The summed E-state index contributed by atoms with van der Waals surface area (Å²) in [6.07, 6.45) is 2.41. The van der Waals surface area contributed by atoms with Crippen LogP contribution in [0.3, 0.4) is 0 Å². The van der Waals surface area contributed by atoms with Crippen LogP contribution in [0.15, 0.2) is 23.1 Å². The summed E-state index contributed by atoms with van der Waals surface area (Å²) < 4.78 is 27.0. The molecule has 0 unspecified atom stereocenters. The lowest BCUT2D eigenvalue weighted by Gasteiger charge is -2.30. The summed E-state index contributed by atoms with van der Waals surface area (Å²) in [6.45, 7) is 2.97. The van der Waals surface area contributed by atoms with Crippen molar-refractivity contribution in [3.63, 3.8) is 0 Å². The number of piperidine rings is 1. The lowest BCUT2D eigenvalue weighted by Crippen LogP contribution is -2.45. The third-order valence-corrected chi connectivity index (χ3v) is 6.25. The van der Waals surface area contributed by atoms with Gasteiger partial charge in [-0.05, 0) is 37.0 Å². The van der Waals surface area contributed by atoms with Gasteiger partial charge in [0.15, 0.2) is 0 Å². The number of carbonyl (C=O) groups excluding carboxylic acids is 1. The Morgan fingerprint density at radius 1 is 1.32 bits per heavy atom. The van der Waals surface area contributed by atoms with Gasteiger partial charge in [0, 0.05) is 38.3 Å². The van der Waals surface area contributed by atoms with Crippen LogP contribution in [0.1, 0.15) is 25.3 Å². The second-order valence-electron chi connectivity index (χ2n) is 5.98. The molecule has 0 saturated carbocycles. The van der Waals surface area contributed by atoms with Crippen molar-refractivity contribution in [1.82, 2.24) is 4.31 Å². The number of nitrogens with two attached hydrogens (primary N) is 1. The average molecular weight is 323 g/mol. The largest absolute Gasteiger partial charge is 0.327 e. The molecule has 2 N–H and O–H groups in total.